The average molecular weight is 365 g/mol. The molecule has 2 aromatic rings. The summed E-state index contributed by atoms with van der Waals surface area (Å²) < 4.78 is 0. The van der Waals surface area contributed by atoms with E-state index in [-0.39, 0.29) is 11.9 Å². The van der Waals surface area contributed by atoms with Crippen LogP contribution in [-0.4, -0.2) is 37.0 Å². The zero-order valence-corrected chi connectivity index (χ0v) is 16.0. The smallest absolute Gasteiger partial charge is 0.317 e. The van der Waals surface area contributed by atoms with E-state index in [0.717, 1.165) is 24.0 Å². The van der Waals surface area contributed by atoms with Crippen LogP contribution >= 0.6 is 0 Å². The lowest BCUT2D eigenvalue weighted by Crippen LogP contribution is -2.53. The van der Waals surface area contributed by atoms with Gasteiger partial charge in [-0.1, -0.05) is 54.6 Å². The Morgan fingerprint density at radius 2 is 1.70 bits per heavy atom. The number of nitrogens with one attached hydrogen (secondary N) is 2. The second-order valence-corrected chi connectivity index (χ2v) is 7.39. The lowest BCUT2D eigenvalue weighted by Gasteiger charge is -2.38. The Bertz CT molecular complexity index is 789. The van der Waals surface area contributed by atoms with Crippen LogP contribution in [0.4, 0.5) is 4.79 Å². The molecular formula is C22H27N3O2. The maximum absolute atomic E-state index is 12.5. The van der Waals surface area contributed by atoms with Crippen molar-refractivity contribution in [2.75, 3.05) is 20.1 Å². The molecule has 5 nitrogen and oxygen atoms in total. The molecule has 1 aliphatic rings. The summed E-state index contributed by atoms with van der Waals surface area (Å²) in [6, 6.07) is 18.3. The third-order valence-electron chi connectivity index (χ3n) is 5.26. The molecule has 0 radical (unpaired) electrons. The Kier molecular flexibility index (Phi) is 5.79. The van der Waals surface area contributed by atoms with Gasteiger partial charge in [0.05, 0.1) is 5.41 Å². The Labute approximate surface area is 160 Å². The van der Waals surface area contributed by atoms with Crippen molar-refractivity contribution in [3.63, 3.8) is 0 Å². The predicted molar refractivity (Wildman–Crippen MR) is 107 cm³/mol. The highest BCUT2D eigenvalue weighted by atomic mass is 16.2. The van der Waals surface area contributed by atoms with Crippen LogP contribution in [0.15, 0.2) is 54.6 Å². The first-order valence-corrected chi connectivity index (χ1v) is 9.41. The van der Waals surface area contributed by atoms with E-state index in [1.54, 1.807) is 11.9 Å². The van der Waals surface area contributed by atoms with E-state index in [1.165, 1.54) is 5.56 Å². The largest absolute Gasteiger partial charge is 0.359 e. The number of carbonyl (C=O) groups is 2. The van der Waals surface area contributed by atoms with E-state index in [2.05, 4.69) is 34.9 Å². The zero-order chi connectivity index (χ0) is 19.3. The number of rotatable bonds is 4. The van der Waals surface area contributed by atoms with Gasteiger partial charge in [-0.25, -0.2) is 4.79 Å². The van der Waals surface area contributed by atoms with Crippen LogP contribution in [0, 0.1) is 5.41 Å². The molecule has 2 N–H and O–H groups in total. The average Bonchev–Trinajstić information content (AvgIpc) is 2.72. The van der Waals surface area contributed by atoms with Crippen LogP contribution in [0.3, 0.4) is 0 Å². The second-order valence-electron chi connectivity index (χ2n) is 7.39. The monoisotopic (exact) mass is 365 g/mol. The van der Waals surface area contributed by atoms with Gasteiger partial charge in [-0.3, -0.25) is 4.79 Å². The molecule has 142 valence electrons. The van der Waals surface area contributed by atoms with Crippen molar-refractivity contribution >= 4 is 11.9 Å². The molecule has 1 fully saturated rings. The van der Waals surface area contributed by atoms with Crippen LogP contribution in [0.25, 0.3) is 11.1 Å². The van der Waals surface area contributed by atoms with E-state index in [9.17, 15) is 9.59 Å². The molecule has 2 aromatic carbocycles. The number of urea groups is 1. The van der Waals surface area contributed by atoms with E-state index in [4.69, 9.17) is 0 Å². The molecule has 0 aliphatic carbocycles. The van der Waals surface area contributed by atoms with Gasteiger partial charge in [-0.2, -0.15) is 0 Å². The molecule has 0 aromatic heterocycles. The van der Waals surface area contributed by atoms with Crippen LogP contribution in [0.2, 0.25) is 0 Å². The number of carbonyl (C=O) groups excluding carboxylic acids is 2. The molecule has 5 heteroatoms. The summed E-state index contributed by atoms with van der Waals surface area (Å²) in [5, 5.41) is 5.69. The van der Waals surface area contributed by atoms with Gasteiger partial charge in [-0.05, 0) is 36.5 Å². The Hall–Kier alpha value is -2.82. The highest BCUT2D eigenvalue weighted by molar-refractivity contribution is 5.83. The van der Waals surface area contributed by atoms with Gasteiger partial charge < -0.3 is 15.5 Å². The van der Waals surface area contributed by atoms with Gasteiger partial charge in [0.15, 0.2) is 0 Å². The van der Waals surface area contributed by atoms with Crippen LogP contribution in [-0.2, 0) is 11.3 Å². The van der Waals surface area contributed by atoms with Crippen LogP contribution in [0.1, 0.15) is 25.3 Å². The van der Waals surface area contributed by atoms with Crippen molar-refractivity contribution in [1.82, 2.24) is 15.5 Å². The van der Waals surface area contributed by atoms with E-state index in [0.29, 0.717) is 19.6 Å². The number of amides is 3. The van der Waals surface area contributed by atoms with E-state index in [1.807, 2.05) is 37.3 Å². The third-order valence-corrected chi connectivity index (χ3v) is 5.26. The fourth-order valence-electron chi connectivity index (χ4n) is 3.64. The minimum Gasteiger partial charge on any atom is -0.359 e. The van der Waals surface area contributed by atoms with Gasteiger partial charge in [0.25, 0.3) is 0 Å². The minimum atomic E-state index is -0.512. The Morgan fingerprint density at radius 1 is 1.04 bits per heavy atom. The summed E-state index contributed by atoms with van der Waals surface area (Å²) in [4.78, 5) is 26.4. The Morgan fingerprint density at radius 3 is 2.37 bits per heavy atom. The summed E-state index contributed by atoms with van der Waals surface area (Å²) in [5.41, 5.74) is 2.87. The number of nitrogens with zero attached hydrogens (tertiary/aromatic N) is 1. The fraction of sp³-hybridized carbons (Fsp3) is 0.364. The van der Waals surface area contributed by atoms with Crippen LogP contribution in [0.5, 0.6) is 0 Å². The molecule has 1 aliphatic heterocycles. The summed E-state index contributed by atoms with van der Waals surface area (Å²) in [6.45, 7) is 3.53. The van der Waals surface area contributed by atoms with Gasteiger partial charge in [0.1, 0.15) is 0 Å². The molecule has 1 atom stereocenters. The number of likely N-dealkylation sites (tertiary alicyclic amines) is 1. The molecule has 1 saturated heterocycles. The molecule has 0 unspecified atom stereocenters. The van der Waals surface area contributed by atoms with Crippen LogP contribution < -0.4 is 10.6 Å². The van der Waals surface area contributed by atoms with E-state index < -0.39 is 5.41 Å². The lowest BCUT2D eigenvalue weighted by molar-refractivity contribution is -0.132. The van der Waals surface area contributed by atoms with Gasteiger partial charge in [-0.15, -0.1) is 0 Å². The van der Waals surface area contributed by atoms with E-state index >= 15 is 0 Å². The SMILES string of the molecule is CNC(=O)[C@@]1(C)CCCN(C(=O)NCc2ccc(-c3ccccc3)cc2)C1. The lowest BCUT2D eigenvalue weighted by atomic mass is 9.81. The highest BCUT2D eigenvalue weighted by Crippen LogP contribution is 2.29. The minimum absolute atomic E-state index is 0.00324. The molecule has 1 heterocycles. The maximum atomic E-state index is 12.5. The first kappa shape index (κ1) is 19.0. The zero-order valence-electron chi connectivity index (χ0n) is 16.0. The third kappa shape index (κ3) is 4.48. The highest BCUT2D eigenvalue weighted by Gasteiger charge is 2.38. The fourth-order valence-corrected chi connectivity index (χ4v) is 3.64. The van der Waals surface area contributed by atoms with Gasteiger partial charge in [0, 0.05) is 26.7 Å². The van der Waals surface area contributed by atoms with Crippen molar-refractivity contribution in [3.8, 4) is 11.1 Å². The number of hydrogen-bond acceptors (Lipinski definition) is 2. The van der Waals surface area contributed by atoms with Gasteiger partial charge >= 0.3 is 6.03 Å². The van der Waals surface area contributed by atoms with Crippen molar-refractivity contribution < 1.29 is 9.59 Å². The predicted octanol–water partition coefficient (Wildman–Crippen LogP) is 3.41. The van der Waals surface area contributed by atoms with Crippen molar-refractivity contribution in [2.24, 2.45) is 5.41 Å². The summed E-state index contributed by atoms with van der Waals surface area (Å²) in [6.07, 6.45) is 1.64. The molecule has 3 rings (SSSR count). The topological polar surface area (TPSA) is 61.4 Å². The second kappa shape index (κ2) is 8.25. The number of benzene rings is 2. The normalized spacial score (nSPS) is 19.4. The van der Waals surface area contributed by atoms with Crippen molar-refractivity contribution in [3.05, 3.63) is 60.2 Å². The standard InChI is InChI=1S/C22H27N3O2/c1-22(20(26)23-2)13-6-14-25(16-22)21(27)24-15-17-9-11-19(12-10-17)18-7-4-3-5-8-18/h3-5,7-12H,6,13-16H2,1-2H3,(H,23,26)(H,24,27)/t22-/m0/s1. The molecule has 0 bridgehead atoms. The summed E-state index contributed by atoms with van der Waals surface area (Å²) in [5.74, 6) is -0.00324. The quantitative estimate of drug-likeness (QED) is 0.872. The van der Waals surface area contributed by atoms with Crippen molar-refractivity contribution in [2.45, 2.75) is 26.3 Å². The first-order chi connectivity index (χ1) is 13.0. The molecule has 27 heavy (non-hydrogen) atoms. The summed E-state index contributed by atoms with van der Waals surface area (Å²) >= 11 is 0. The number of hydrogen-bond donors (Lipinski definition) is 2. The van der Waals surface area contributed by atoms with Crippen molar-refractivity contribution in [1.29, 1.82) is 0 Å². The molecule has 3 amide bonds. The van der Waals surface area contributed by atoms with Gasteiger partial charge in [0.2, 0.25) is 5.91 Å². The molecule has 0 spiro atoms. The first-order valence-electron chi connectivity index (χ1n) is 9.41. The molecular weight excluding hydrogens is 338 g/mol. The number of piperidine rings is 1. The molecule has 0 saturated carbocycles. The summed E-state index contributed by atoms with van der Waals surface area (Å²) in [7, 11) is 1.64. The maximum Gasteiger partial charge on any atom is 0.317 e. The Balaban J connectivity index is 1.57.